The molecule has 25 heavy (non-hydrogen) atoms. The number of nitrogens with zero attached hydrogens (tertiary/aromatic N) is 3. The Hall–Kier alpha value is -1.70. The highest BCUT2D eigenvalue weighted by atomic mass is 16.7. The molecule has 1 amide bonds. The molecule has 1 aromatic rings. The molecule has 0 unspecified atom stereocenters. The summed E-state index contributed by atoms with van der Waals surface area (Å²) < 4.78 is 10.9. The molecule has 4 aliphatic rings. The van der Waals surface area contributed by atoms with Gasteiger partial charge in [0, 0.05) is 39.9 Å². The number of amides is 1. The molecule has 1 aromatic heterocycles. The average molecular weight is 346 g/mol. The molecular formula is C18H26N4O3. The average Bonchev–Trinajstić information content (AvgIpc) is 2.57. The van der Waals surface area contributed by atoms with Crippen LogP contribution in [0.1, 0.15) is 41.9 Å². The van der Waals surface area contributed by atoms with Gasteiger partial charge in [0.2, 0.25) is 12.2 Å². The third kappa shape index (κ3) is 3.01. The van der Waals surface area contributed by atoms with Gasteiger partial charge in [-0.05, 0) is 43.0 Å². The van der Waals surface area contributed by atoms with E-state index in [1.807, 2.05) is 11.9 Å². The highest BCUT2D eigenvalue weighted by Gasteiger charge is 2.39. The van der Waals surface area contributed by atoms with Crippen LogP contribution in [0.15, 0.2) is 6.07 Å². The third-order valence-electron chi connectivity index (χ3n) is 5.61. The summed E-state index contributed by atoms with van der Waals surface area (Å²) >= 11 is 0. The van der Waals surface area contributed by atoms with Crippen molar-refractivity contribution in [2.24, 2.45) is 0 Å². The Morgan fingerprint density at radius 3 is 2.76 bits per heavy atom. The van der Waals surface area contributed by atoms with Gasteiger partial charge in [0.25, 0.3) is 0 Å². The van der Waals surface area contributed by atoms with Crippen molar-refractivity contribution in [3.63, 3.8) is 0 Å². The molecule has 0 aromatic carbocycles. The van der Waals surface area contributed by atoms with Gasteiger partial charge in [-0.15, -0.1) is 0 Å². The van der Waals surface area contributed by atoms with Crippen molar-refractivity contribution >= 4 is 11.7 Å². The van der Waals surface area contributed by atoms with Gasteiger partial charge < -0.3 is 19.7 Å². The Labute approximate surface area is 148 Å². The smallest absolute Gasteiger partial charge is 0.237 e. The van der Waals surface area contributed by atoms with E-state index in [-0.39, 0.29) is 5.91 Å². The minimum Gasteiger partial charge on any atom is -0.367 e. The molecule has 3 aliphatic heterocycles. The third-order valence-corrected chi connectivity index (χ3v) is 5.61. The lowest BCUT2D eigenvalue weighted by molar-refractivity contribution is -0.136. The molecule has 4 heterocycles. The zero-order valence-corrected chi connectivity index (χ0v) is 15.1. The summed E-state index contributed by atoms with van der Waals surface area (Å²) in [5.74, 6) is 1.70. The summed E-state index contributed by atoms with van der Waals surface area (Å²) in [5, 5.41) is 3.51. The summed E-state index contributed by atoms with van der Waals surface area (Å²) in [6, 6.07) is 2.76. The summed E-state index contributed by atoms with van der Waals surface area (Å²) in [4.78, 5) is 21.2. The van der Waals surface area contributed by atoms with Crippen LogP contribution in [-0.4, -0.2) is 67.6 Å². The molecule has 2 fully saturated rings. The first kappa shape index (κ1) is 16.8. The molecule has 2 bridgehead atoms. The molecule has 1 N–H and O–H groups in total. The van der Waals surface area contributed by atoms with E-state index in [1.54, 1.807) is 14.2 Å². The molecule has 0 spiro atoms. The largest absolute Gasteiger partial charge is 0.367 e. The van der Waals surface area contributed by atoms with Crippen LogP contribution >= 0.6 is 0 Å². The van der Waals surface area contributed by atoms with Gasteiger partial charge in [-0.2, -0.15) is 0 Å². The molecule has 7 heteroatoms. The Morgan fingerprint density at radius 1 is 1.32 bits per heavy atom. The number of anilines is 1. The van der Waals surface area contributed by atoms with E-state index >= 15 is 0 Å². The first-order chi connectivity index (χ1) is 12.1. The monoisotopic (exact) mass is 346 g/mol. The molecule has 136 valence electrons. The number of aromatic nitrogens is 1. The standard InChI is InChI=1S/C18H26N4O3/c1-21-4-5-22(15(23)10-21)9-12-8-14-11-6-13(7-11)19-17(14)20-16(12)18(24-2)25-3/h8,11,13,18H,4-7,9-10H2,1-3H3,(H,19,20). The Balaban J connectivity index is 1.66. The maximum absolute atomic E-state index is 12.4. The number of nitrogens with one attached hydrogen (secondary N) is 1. The maximum atomic E-state index is 12.4. The van der Waals surface area contributed by atoms with Crippen molar-refractivity contribution in [3.05, 3.63) is 22.9 Å². The van der Waals surface area contributed by atoms with E-state index in [2.05, 4.69) is 16.3 Å². The van der Waals surface area contributed by atoms with Crippen LogP contribution in [0, 0.1) is 0 Å². The molecule has 0 radical (unpaired) electrons. The molecule has 1 aliphatic carbocycles. The fourth-order valence-electron chi connectivity index (χ4n) is 4.05. The van der Waals surface area contributed by atoms with E-state index in [4.69, 9.17) is 14.5 Å². The number of methoxy groups -OCH3 is 2. The Kier molecular flexibility index (Phi) is 4.39. The SMILES string of the molecule is COC(OC)c1nc2c(cc1CN1CCN(C)CC1=O)C1CC(C1)N2. The predicted molar refractivity (Wildman–Crippen MR) is 93.3 cm³/mol. The topological polar surface area (TPSA) is 66.9 Å². The quantitative estimate of drug-likeness (QED) is 0.811. The van der Waals surface area contributed by atoms with Crippen LogP contribution in [-0.2, 0) is 20.8 Å². The molecular weight excluding hydrogens is 320 g/mol. The van der Waals surface area contributed by atoms with Gasteiger partial charge >= 0.3 is 0 Å². The zero-order chi connectivity index (χ0) is 17.6. The summed E-state index contributed by atoms with van der Waals surface area (Å²) in [5.41, 5.74) is 3.07. The van der Waals surface area contributed by atoms with E-state index in [9.17, 15) is 4.79 Å². The predicted octanol–water partition coefficient (Wildman–Crippen LogP) is 1.32. The molecule has 0 atom stereocenters. The van der Waals surface area contributed by atoms with Gasteiger partial charge in [0.15, 0.2) is 0 Å². The van der Waals surface area contributed by atoms with E-state index in [0.717, 1.165) is 30.2 Å². The van der Waals surface area contributed by atoms with Crippen molar-refractivity contribution in [2.75, 3.05) is 46.2 Å². The Morgan fingerprint density at radius 2 is 2.08 bits per heavy atom. The van der Waals surface area contributed by atoms with Crippen LogP contribution in [0.5, 0.6) is 0 Å². The lowest BCUT2D eigenvalue weighted by Crippen LogP contribution is -2.48. The number of likely N-dealkylation sites (N-methyl/N-ethyl adjacent to an activating group) is 1. The number of hydrogen-bond donors (Lipinski definition) is 1. The molecule has 7 nitrogen and oxygen atoms in total. The first-order valence-electron chi connectivity index (χ1n) is 8.91. The van der Waals surface area contributed by atoms with Crippen molar-refractivity contribution in [3.8, 4) is 0 Å². The number of rotatable bonds is 5. The van der Waals surface area contributed by atoms with Crippen molar-refractivity contribution < 1.29 is 14.3 Å². The lowest BCUT2D eigenvalue weighted by atomic mass is 9.72. The van der Waals surface area contributed by atoms with Gasteiger partial charge in [-0.25, -0.2) is 4.98 Å². The second-order valence-corrected chi connectivity index (χ2v) is 7.34. The summed E-state index contributed by atoms with van der Waals surface area (Å²) in [6.07, 6.45) is 1.83. The number of ether oxygens (including phenoxy) is 2. The van der Waals surface area contributed by atoms with E-state index in [1.165, 1.54) is 18.4 Å². The second kappa shape index (κ2) is 6.55. The molecule has 5 rings (SSSR count). The van der Waals surface area contributed by atoms with E-state index in [0.29, 0.717) is 25.0 Å². The van der Waals surface area contributed by atoms with Gasteiger partial charge in [0.1, 0.15) is 11.5 Å². The minimum absolute atomic E-state index is 0.158. The maximum Gasteiger partial charge on any atom is 0.237 e. The molecule has 1 saturated heterocycles. The Bertz CT molecular complexity index is 671. The fraction of sp³-hybridized carbons (Fsp3) is 0.667. The zero-order valence-electron chi connectivity index (χ0n) is 15.1. The van der Waals surface area contributed by atoms with Gasteiger partial charge in [0.05, 0.1) is 6.54 Å². The number of piperazine rings is 1. The second-order valence-electron chi connectivity index (χ2n) is 7.34. The summed E-state index contributed by atoms with van der Waals surface area (Å²) in [6.45, 7) is 2.66. The number of carbonyl (C=O) groups excluding carboxylic acids is 1. The highest BCUT2D eigenvalue weighted by molar-refractivity contribution is 5.79. The lowest BCUT2D eigenvalue weighted by Gasteiger charge is -2.43. The van der Waals surface area contributed by atoms with Crippen LogP contribution in [0.4, 0.5) is 5.82 Å². The van der Waals surface area contributed by atoms with Crippen molar-refractivity contribution in [2.45, 2.75) is 37.6 Å². The van der Waals surface area contributed by atoms with Crippen molar-refractivity contribution in [1.82, 2.24) is 14.8 Å². The number of hydrogen-bond acceptors (Lipinski definition) is 6. The van der Waals surface area contributed by atoms with Crippen LogP contribution in [0.2, 0.25) is 0 Å². The van der Waals surface area contributed by atoms with Crippen LogP contribution in [0.3, 0.4) is 0 Å². The number of pyridine rings is 1. The minimum atomic E-state index is -0.525. The molecule has 1 saturated carbocycles. The fourth-order valence-corrected chi connectivity index (χ4v) is 4.05. The van der Waals surface area contributed by atoms with Crippen molar-refractivity contribution in [1.29, 1.82) is 0 Å². The highest BCUT2D eigenvalue weighted by Crippen LogP contribution is 2.47. The normalized spacial score (nSPS) is 25.6. The van der Waals surface area contributed by atoms with Crippen LogP contribution in [0.25, 0.3) is 0 Å². The van der Waals surface area contributed by atoms with E-state index < -0.39 is 6.29 Å². The first-order valence-corrected chi connectivity index (χ1v) is 8.91. The van der Waals surface area contributed by atoms with Gasteiger partial charge in [-0.1, -0.05) is 0 Å². The van der Waals surface area contributed by atoms with Gasteiger partial charge in [-0.3, -0.25) is 9.69 Å². The summed E-state index contributed by atoms with van der Waals surface area (Å²) in [7, 11) is 5.21. The van der Waals surface area contributed by atoms with Crippen LogP contribution < -0.4 is 5.32 Å². The number of carbonyl (C=O) groups is 1.